The topological polar surface area (TPSA) is 79.7 Å². The third-order valence-electron chi connectivity index (χ3n) is 3.68. The molecule has 0 heterocycles. The van der Waals surface area contributed by atoms with E-state index < -0.39 is 0 Å². The van der Waals surface area contributed by atoms with Gasteiger partial charge >= 0.3 is 0 Å². The van der Waals surface area contributed by atoms with Gasteiger partial charge in [-0.25, -0.2) is 0 Å². The minimum atomic E-state index is -0.254. The molecular formula is C19H20Cl2N3O3+. The largest absolute Gasteiger partial charge is 0.322 e. The van der Waals surface area contributed by atoms with Gasteiger partial charge in [0.2, 0.25) is 0 Å². The number of carbonyl (C=O) groups excluding carboxylic acids is 3. The standard InChI is InChI=1S/C19H19Cl2N3O3/c1-12(25)13-4-3-5-14(8-13)22-18(26)10-24(2)11-19(27)23-15-6-7-16(20)17(21)9-15/h3-9H,10-11H2,1-2H3,(H,22,26)(H,23,27)/p+1. The minimum Gasteiger partial charge on any atom is -0.322 e. The predicted octanol–water partition coefficient (Wildman–Crippen LogP) is 2.29. The van der Waals surface area contributed by atoms with Crippen LogP contribution < -0.4 is 15.5 Å². The molecule has 27 heavy (non-hydrogen) atoms. The molecule has 0 spiro atoms. The third-order valence-corrected chi connectivity index (χ3v) is 4.42. The molecule has 8 heteroatoms. The number of halogens is 2. The first-order valence-corrected chi connectivity index (χ1v) is 8.97. The summed E-state index contributed by atoms with van der Waals surface area (Å²) in [6.45, 7) is 1.66. The van der Waals surface area contributed by atoms with Crippen molar-refractivity contribution in [3.05, 3.63) is 58.1 Å². The Kier molecular flexibility index (Phi) is 7.36. The Hall–Kier alpha value is -2.41. The second-order valence-electron chi connectivity index (χ2n) is 6.17. The number of rotatable bonds is 7. The summed E-state index contributed by atoms with van der Waals surface area (Å²) in [5.41, 5.74) is 1.60. The molecule has 0 saturated heterocycles. The molecule has 0 aliphatic heterocycles. The van der Waals surface area contributed by atoms with E-state index in [9.17, 15) is 14.4 Å². The van der Waals surface area contributed by atoms with E-state index >= 15 is 0 Å². The highest BCUT2D eigenvalue weighted by atomic mass is 35.5. The van der Waals surface area contributed by atoms with Crippen LogP contribution in [0.1, 0.15) is 17.3 Å². The second-order valence-corrected chi connectivity index (χ2v) is 6.99. The molecule has 1 atom stereocenters. The van der Waals surface area contributed by atoms with Gasteiger partial charge < -0.3 is 15.5 Å². The highest BCUT2D eigenvalue weighted by Gasteiger charge is 2.15. The van der Waals surface area contributed by atoms with Gasteiger partial charge in [0.05, 0.1) is 17.1 Å². The number of amides is 2. The zero-order chi connectivity index (χ0) is 20.0. The maximum absolute atomic E-state index is 12.1. The Morgan fingerprint density at radius 2 is 1.48 bits per heavy atom. The first-order chi connectivity index (χ1) is 12.7. The Balaban J connectivity index is 1.85. The molecule has 0 fully saturated rings. The van der Waals surface area contributed by atoms with Crippen LogP contribution in [0.25, 0.3) is 0 Å². The van der Waals surface area contributed by atoms with Gasteiger partial charge in [0.25, 0.3) is 11.8 Å². The van der Waals surface area contributed by atoms with Crippen LogP contribution in [0.5, 0.6) is 0 Å². The van der Waals surface area contributed by atoms with E-state index in [1.54, 1.807) is 49.5 Å². The first kappa shape index (κ1) is 20.9. The maximum Gasteiger partial charge on any atom is 0.279 e. The number of Topliss-reactive ketones (excluding diaryl/α,β-unsaturated/α-hetero) is 1. The molecule has 142 valence electrons. The van der Waals surface area contributed by atoms with E-state index in [0.717, 1.165) is 0 Å². The number of anilines is 2. The summed E-state index contributed by atoms with van der Waals surface area (Å²) < 4.78 is 0. The summed E-state index contributed by atoms with van der Waals surface area (Å²) in [6, 6.07) is 11.5. The van der Waals surface area contributed by atoms with Crippen molar-refractivity contribution < 1.29 is 19.3 Å². The Morgan fingerprint density at radius 3 is 2.04 bits per heavy atom. The summed E-state index contributed by atoms with van der Waals surface area (Å²) in [5.74, 6) is -0.583. The van der Waals surface area contributed by atoms with Gasteiger partial charge in [0.15, 0.2) is 18.9 Å². The molecule has 0 aliphatic carbocycles. The Labute approximate surface area is 167 Å². The molecule has 6 nitrogen and oxygen atoms in total. The molecule has 2 rings (SSSR count). The second kappa shape index (κ2) is 9.50. The molecule has 0 bridgehead atoms. The lowest BCUT2D eigenvalue weighted by molar-refractivity contribution is -0.862. The summed E-state index contributed by atoms with van der Waals surface area (Å²) in [6.07, 6.45) is 0. The van der Waals surface area contributed by atoms with Crippen molar-refractivity contribution in [3.8, 4) is 0 Å². The van der Waals surface area contributed by atoms with Crippen LogP contribution in [0.4, 0.5) is 11.4 Å². The molecule has 0 aliphatic rings. The first-order valence-electron chi connectivity index (χ1n) is 8.21. The van der Waals surface area contributed by atoms with Crippen LogP contribution in [0.2, 0.25) is 10.0 Å². The van der Waals surface area contributed by atoms with E-state index in [2.05, 4.69) is 10.6 Å². The molecule has 2 aromatic rings. The van der Waals surface area contributed by atoms with Crippen LogP contribution in [-0.2, 0) is 9.59 Å². The van der Waals surface area contributed by atoms with Crippen molar-refractivity contribution in [1.82, 2.24) is 0 Å². The van der Waals surface area contributed by atoms with Crippen molar-refractivity contribution in [2.24, 2.45) is 0 Å². The number of hydrogen-bond donors (Lipinski definition) is 3. The number of ketones is 1. The normalized spacial score (nSPS) is 11.6. The lowest BCUT2D eigenvalue weighted by Gasteiger charge is -2.14. The number of carbonyl (C=O) groups is 3. The monoisotopic (exact) mass is 408 g/mol. The van der Waals surface area contributed by atoms with Crippen molar-refractivity contribution in [3.63, 3.8) is 0 Å². The Bertz CT molecular complexity index is 871. The molecule has 2 aromatic carbocycles. The van der Waals surface area contributed by atoms with E-state index in [-0.39, 0.29) is 30.7 Å². The summed E-state index contributed by atoms with van der Waals surface area (Å²) in [7, 11) is 1.74. The maximum atomic E-state index is 12.1. The molecule has 3 N–H and O–H groups in total. The van der Waals surface area contributed by atoms with Crippen LogP contribution in [-0.4, -0.2) is 37.7 Å². The van der Waals surface area contributed by atoms with Crippen LogP contribution >= 0.6 is 23.2 Å². The highest BCUT2D eigenvalue weighted by molar-refractivity contribution is 6.42. The van der Waals surface area contributed by atoms with Gasteiger partial charge in [-0.1, -0.05) is 35.3 Å². The minimum absolute atomic E-state index is 0.0761. The zero-order valence-electron chi connectivity index (χ0n) is 14.9. The van der Waals surface area contributed by atoms with Gasteiger partial charge in [-0.15, -0.1) is 0 Å². The molecule has 1 unspecified atom stereocenters. The third kappa shape index (κ3) is 6.67. The predicted molar refractivity (Wildman–Crippen MR) is 107 cm³/mol. The fourth-order valence-corrected chi connectivity index (χ4v) is 2.71. The summed E-state index contributed by atoms with van der Waals surface area (Å²) in [4.78, 5) is 36.3. The number of quaternary nitrogens is 1. The van der Waals surface area contributed by atoms with E-state index in [0.29, 0.717) is 31.9 Å². The van der Waals surface area contributed by atoms with E-state index in [1.165, 1.54) is 6.92 Å². The number of benzene rings is 2. The van der Waals surface area contributed by atoms with Crippen molar-refractivity contribution in [2.45, 2.75) is 6.92 Å². The fraction of sp³-hybridized carbons (Fsp3) is 0.211. The van der Waals surface area contributed by atoms with Gasteiger partial charge in [0.1, 0.15) is 0 Å². The lowest BCUT2D eigenvalue weighted by Crippen LogP contribution is -3.11. The van der Waals surface area contributed by atoms with Gasteiger partial charge in [-0.05, 0) is 37.3 Å². The quantitative estimate of drug-likeness (QED) is 0.614. The van der Waals surface area contributed by atoms with Gasteiger partial charge in [-0.3, -0.25) is 14.4 Å². The molecule has 2 amide bonds. The van der Waals surface area contributed by atoms with Crippen LogP contribution in [0.15, 0.2) is 42.5 Å². The SMILES string of the molecule is CC(=O)c1cccc(NC(=O)C[NH+](C)CC(=O)Nc2ccc(Cl)c(Cl)c2)c1. The molecule has 0 aromatic heterocycles. The average Bonchev–Trinajstić information content (AvgIpc) is 2.58. The number of hydrogen-bond acceptors (Lipinski definition) is 3. The zero-order valence-corrected chi connectivity index (χ0v) is 16.4. The van der Waals surface area contributed by atoms with Crippen molar-refractivity contribution >= 4 is 52.2 Å². The van der Waals surface area contributed by atoms with Crippen LogP contribution in [0, 0.1) is 0 Å². The van der Waals surface area contributed by atoms with E-state index in [1.807, 2.05) is 0 Å². The Morgan fingerprint density at radius 1 is 0.889 bits per heavy atom. The number of likely N-dealkylation sites (N-methyl/N-ethyl adjacent to an activating group) is 1. The lowest BCUT2D eigenvalue weighted by atomic mass is 10.1. The summed E-state index contributed by atoms with van der Waals surface area (Å²) >= 11 is 11.8. The van der Waals surface area contributed by atoms with Gasteiger partial charge in [0, 0.05) is 16.9 Å². The summed E-state index contributed by atoms with van der Waals surface area (Å²) in [5, 5.41) is 6.20. The van der Waals surface area contributed by atoms with Crippen LogP contribution in [0.3, 0.4) is 0 Å². The molecular weight excluding hydrogens is 389 g/mol. The van der Waals surface area contributed by atoms with Crippen molar-refractivity contribution in [1.29, 1.82) is 0 Å². The van der Waals surface area contributed by atoms with Crippen molar-refractivity contribution in [2.75, 3.05) is 30.8 Å². The van der Waals surface area contributed by atoms with E-state index in [4.69, 9.17) is 23.2 Å². The molecule has 0 saturated carbocycles. The average molecular weight is 409 g/mol. The van der Waals surface area contributed by atoms with Gasteiger partial charge in [-0.2, -0.15) is 0 Å². The fourth-order valence-electron chi connectivity index (χ4n) is 2.41. The number of nitrogens with one attached hydrogen (secondary N) is 3. The smallest absolute Gasteiger partial charge is 0.279 e. The highest BCUT2D eigenvalue weighted by Crippen LogP contribution is 2.24. The molecule has 0 radical (unpaired) electrons.